The van der Waals surface area contributed by atoms with E-state index in [1.165, 1.54) is 6.92 Å². The molecular formula is C21H20N4O2S. The summed E-state index contributed by atoms with van der Waals surface area (Å²) < 4.78 is 0. The maximum Gasteiger partial charge on any atom is 0.257 e. The number of carbonyl (C=O) groups excluding carboxylic acids is 2. The highest BCUT2D eigenvalue weighted by Gasteiger charge is 2.12. The lowest BCUT2D eigenvalue weighted by atomic mass is 10.2. The van der Waals surface area contributed by atoms with Crippen LogP contribution in [0.3, 0.4) is 0 Å². The van der Waals surface area contributed by atoms with Crippen molar-refractivity contribution in [2.75, 3.05) is 10.6 Å². The molecule has 2 heterocycles. The predicted molar refractivity (Wildman–Crippen MR) is 111 cm³/mol. The fourth-order valence-corrected chi connectivity index (χ4v) is 3.66. The highest BCUT2D eigenvalue weighted by molar-refractivity contribution is 7.98. The van der Waals surface area contributed by atoms with Gasteiger partial charge in [-0.05, 0) is 48.4 Å². The quantitative estimate of drug-likeness (QED) is 0.612. The Labute approximate surface area is 167 Å². The first-order valence-electron chi connectivity index (χ1n) is 8.69. The van der Waals surface area contributed by atoms with Crippen LogP contribution in [0.25, 0.3) is 0 Å². The highest BCUT2D eigenvalue weighted by Crippen LogP contribution is 2.33. The number of hydrogen-bond donors (Lipinski definition) is 2. The average Bonchev–Trinajstić information content (AvgIpc) is 2.68. The molecule has 2 amide bonds. The van der Waals surface area contributed by atoms with Gasteiger partial charge in [-0.1, -0.05) is 12.1 Å². The molecule has 3 rings (SSSR count). The second-order valence-electron chi connectivity index (χ2n) is 6.17. The summed E-state index contributed by atoms with van der Waals surface area (Å²) in [6.45, 7) is 3.46. The monoisotopic (exact) mass is 392 g/mol. The smallest absolute Gasteiger partial charge is 0.257 e. The topological polar surface area (TPSA) is 84.0 Å². The number of hydrogen-bond acceptors (Lipinski definition) is 5. The molecule has 0 spiro atoms. The van der Waals surface area contributed by atoms with Crippen molar-refractivity contribution in [2.24, 2.45) is 0 Å². The van der Waals surface area contributed by atoms with E-state index in [0.29, 0.717) is 17.1 Å². The average molecular weight is 392 g/mol. The largest absolute Gasteiger partial charge is 0.321 e. The Morgan fingerprint density at radius 2 is 1.93 bits per heavy atom. The molecule has 7 heteroatoms. The molecule has 0 saturated heterocycles. The van der Waals surface area contributed by atoms with E-state index >= 15 is 0 Å². The molecule has 0 aliphatic heterocycles. The Morgan fingerprint density at radius 3 is 2.68 bits per heavy atom. The minimum Gasteiger partial charge on any atom is -0.321 e. The van der Waals surface area contributed by atoms with Crippen LogP contribution in [-0.2, 0) is 10.5 Å². The lowest BCUT2D eigenvalue weighted by Gasteiger charge is -2.14. The fraction of sp³-hybridized carbons (Fsp3) is 0.143. The summed E-state index contributed by atoms with van der Waals surface area (Å²) in [7, 11) is 0. The Kier molecular flexibility index (Phi) is 6.39. The third-order valence-electron chi connectivity index (χ3n) is 3.90. The van der Waals surface area contributed by atoms with Crippen molar-refractivity contribution in [1.82, 2.24) is 9.97 Å². The third kappa shape index (κ3) is 5.17. The van der Waals surface area contributed by atoms with Gasteiger partial charge in [0, 0.05) is 36.2 Å². The molecule has 0 atom stereocenters. The summed E-state index contributed by atoms with van der Waals surface area (Å²) in [5.41, 5.74) is 3.37. The van der Waals surface area contributed by atoms with Crippen LogP contribution in [0.4, 0.5) is 11.5 Å². The zero-order valence-corrected chi connectivity index (χ0v) is 16.4. The normalized spacial score (nSPS) is 10.4. The van der Waals surface area contributed by atoms with Crippen molar-refractivity contribution in [3.8, 4) is 0 Å². The first-order valence-corrected chi connectivity index (χ1v) is 9.68. The summed E-state index contributed by atoms with van der Waals surface area (Å²) in [5.74, 6) is 0.852. The van der Waals surface area contributed by atoms with Crippen LogP contribution in [0.2, 0.25) is 0 Å². The second-order valence-corrected chi connectivity index (χ2v) is 7.15. The number of anilines is 2. The molecule has 142 valence electrons. The number of aryl methyl sites for hydroxylation is 1. The van der Waals surface area contributed by atoms with Gasteiger partial charge in [0.2, 0.25) is 5.91 Å². The molecule has 0 bridgehead atoms. The Hall–Kier alpha value is -3.19. The number of thioether (sulfide) groups is 1. The molecule has 2 N–H and O–H groups in total. The minimum absolute atomic E-state index is 0.156. The van der Waals surface area contributed by atoms with Crippen molar-refractivity contribution < 1.29 is 9.59 Å². The molecule has 0 aliphatic carbocycles. The van der Waals surface area contributed by atoms with Crippen molar-refractivity contribution in [3.63, 3.8) is 0 Å². The zero-order valence-electron chi connectivity index (χ0n) is 15.6. The van der Waals surface area contributed by atoms with Crippen LogP contribution in [0, 0.1) is 6.92 Å². The van der Waals surface area contributed by atoms with Gasteiger partial charge in [-0.25, -0.2) is 4.98 Å². The number of nitrogens with zero attached hydrogens (tertiary/aromatic N) is 2. The van der Waals surface area contributed by atoms with E-state index in [-0.39, 0.29) is 11.8 Å². The van der Waals surface area contributed by atoms with E-state index in [1.54, 1.807) is 42.5 Å². The van der Waals surface area contributed by atoms with Crippen LogP contribution >= 0.6 is 11.8 Å². The van der Waals surface area contributed by atoms with Gasteiger partial charge in [0.1, 0.15) is 5.82 Å². The van der Waals surface area contributed by atoms with Crippen molar-refractivity contribution in [3.05, 3.63) is 77.7 Å². The first kappa shape index (κ1) is 19.6. The van der Waals surface area contributed by atoms with E-state index in [1.807, 2.05) is 37.3 Å². The second kappa shape index (κ2) is 9.14. The lowest BCUT2D eigenvalue weighted by Crippen LogP contribution is -2.13. The van der Waals surface area contributed by atoms with Crippen LogP contribution in [0.1, 0.15) is 28.4 Å². The molecule has 0 fully saturated rings. The number of pyridine rings is 2. The van der Waals surface area contributed by atoms with Crippen molar-refractivity contribution in [2.45, 2.75) is 24.5 Å². The van der Waals surface area contributed by atoms with E-state index in [2.05, 4.69) is 20.6 Å². The molecule has 0 radical (unpaired) electrons. The molecule has 6 nitrogen and oxygen atoms in total. The van der Waals surface area contributed by atoms with E-state index in [9.17, 15) is 9.59 Å². The van der Waals surface area contributed by atoms with Crippen molar-refractivity contribution >= 4 is 35.1 Å². The Balaban J connectivity index is 1.75. The van der Waals surface area contributed by atoms with E-state index in [4.69, 9.17) is 0 Å². The van der Waals surface area contributed by atoms with Crippen LogP contribution in [-0.4, -0.2) is 21.8 Å². The highest BCUT2D eigenvalue weighted by atomic mass is 32.2. The molecular weight excluding hydrogens is 372 g/mol. The summed E-state index contributed by atoms with van der Waals surface area (Å²) in [4.78, 5) is 32.8. The van der Waals surface area contributed by atoms with E-state index in [0.717, 1.165) is 21.7 Å². The number of amides is 2. The summed E-state index contributed by atoms with van der Waals surface area (Å²) in [5, 5.41) is 5.66. The van der Waals surface area contributed by atoms with Gasteiger partial charge in [0.05, 0.1) is 11.3 Å². The maximum atomic E-state index is 12.5. The fourth-order valence-electron chi connectivity index (χ4n) is 2.60. The molecule has 1 aromatic carbocycles. The van der Waals surface area contributed by atoms with Gasteiger partial charge in [-0.3, -0.25) is 14.6 Å². The maximum absolute atomic E-state index is 12.5. The molecule has 2 aromatic heterocycles. The summed E-state index contributed by atoms with van der Waals surface area (Å²) >= 11 is 1.62. The molecule has 0 unspecified atom stereocenters. The number of aromatic nitrogens is 2. The van der Waals surface area contributed by atoms with Crippen molar-refractivity contribution in [1.29, 1.82) is 0 Å². The minimum atomic E-state index is -0.197. The Morgan fingerprint density at radius 1 is 1.07 bits per heavy atom. The Bertz CT molecular complexity index is 993. The number of benzene rings is 1. The predicted octanol–water partition coefficient (Wildman–Crippen LogP) is 4.29. The van der Waals surface area contributed by atoms with Gasteiger partial charge in [0.25, 0.3) is 5.91 Å². The van der Waals surface area contributed by atoms with Gasteiger partial charge in [-0.15, -0.1) is 11.8 Å². The van der Waals surface area contributed by atoms with Gasteiger partial charge >= 0.3 is 0 Å². The molecule has 3 aromatic rings. The van der Waals surface area contributed by atoms with Gasteiger partial charge < -0.3 is 10.6 Å². The molecule has 0 aliphatic rings. The molecule has 28 heavy (non-hydrogen) atoms. The van der Waals surface area contributed by atoms with Crippen LogP contribution < -0.4 is 10.6 Å². The lowest BCUT2D eigenvalue weighted by molar-refractivity contribution is -0.114. The standard InChI is InChI=1S/C21H20N4O2S/c1-14-5-3-7-18(25-21(27)17-6-4-9-22-12-17)20(14)28-13-16-8-10-23-19(11-16)24-15(2)26/h3-12H,13H2,1-2H3,(H,25,27)(H,23,24,26). The summed E-state index contributed by atoms with van der Waals surface area (Å²) in [6.07, 6.45) is 4.84. The first-order chi connectivity index (χ1) is 13.5. The number of nitrogens with one attached hydrogen (secondary N) is 2. The third-order valence-corrected chi connectivity index (χ3v) is 5.20. The van der Waals surface area contributed by atoms with E-state index < -0.39 is 0 Å². The number of rotatable bonds is 6. The van der Waals surface area contributed by atoms with Crippen LogP contribution in [0.5, 0.6) is 0 Å². The van der Waals surface area contributed by atoms with Gasteiger partial charge in [0.15, 0.2) is 0 Å². The summed E-state index contributed by atoms with van der Waals surface area (Å²) in [6, 6.07) is 13.0. The molecule has 0 saturated carbocycles. The van der Waals surface area contributed by atoms with Crippen LogP contribution in [0.15, 0.2) is 66.0 Å². The zero-order chi connectivity index (χ0) is 19.9. The number of carbonyl (C=O) groups is 2. The van der Waals surface area contributed by atoms with Gasteiger partial charge in [-0.2, -0.15) is 0 Å². The SMILES string of the molecule is CC(=O)Nc1cc(CSc2c(C)cccc2NC(=O)c2cccnc2)ccn1.